The van der Waals surface area contributed by atoms with E-state index in [1.807, 2.05) is 27.7 Å². The van der Waals surface area contributed by atoms with Crippen LogP contribution in [0.5, 0.6) is 0 Å². The van der Waals surface area contributed by atoms with E-state index in [0.717, 1.165) is 0 Å². The summed E-state index contributed by atoms with van der Waals surface area (Å²) in [5, 5.41) is 2.67. The van der Waals surface area contributed by atoms with Gasteiger partial charge in [-0.05, 0) is 13.8 Å². The van der Waals surface area contributed by atoms with E-state index in [-0.39, 0.29) is 27.8 Å². The number of hydrogen-bond acceptors (Lipinski definition) is 1. The molecule has 1 N–H and O–H groups in total. The van der Waals surface area contributed by atoms with Crippen molar-refractivity contribution in [3.05, 3.63) is 0 Å². The van der Waals surface area contributed by atoms with Crippen LogP contribution in [0.3, 0.4) is 0 Å². The van der Waals surface area contributed by atoms with E-state index < -0.39 is 0 Å². The molecule has 0 atom stereocenters. The molecule has 0 rings (SSSR count). The van der Waals surface area contributed by atoms with Crippen LogP contribution in [0.2, 0.25) is 0 Å². The standard InChI is InChI=1S/C5H11NO.C2H6.CH4.B/c1-4(2)6-5(3)7;1-2;;/h4H,1-3H3,(H,6,7);1-2H3;1H4;. The predicted octanol–water partition coefficient (Wildman–Crippen LogP) is 1.81. The van der Waals surface area contributed by atoms with Gasteiger partial charge in [0, 0.05) is 21.4 Å². The molecule has 0 spiro atoms. The van der Waals surface area contributed by atoms with Gasteiger partial charge in [0.25, 0.3) is 0 Å². The summed E-state index contributed by atoms with van der Waals surface area (Å²) in [5.41, 5.74) is 0. The molecular weight excluding hydrogens is 137 g/mol. The molecule has 0 bridgehead atoms. The summed E-state index contributed by atoms with van der Waals surface area (Å²) in [6.07, 6.45) is 0. The van der Waals surface area contributed by atoms with Crippen LogP contribution in [0, 0.1) is 0 Å². The van der Waals surface area contributed by atoms with Gasteiger partial charge in [0.1, 0.15) is 0 Å². The number of carbonyl (C=O) groups is 1. The van der Waals surface area contributed by atoms with E-state index in [4.69, 9.17) is 0 Å². The fraction of sp³-hybridized carbons (Fsp3) is 0.875. The Hall–Kier alpha value is -0.465. The first kappa shape index (κ1) is 22.4. The summed E-state index contributed by atoms with van der Waals surface area (Å²) >= 11 is 0. The summed E-state index contributed by atoms with van der Waals surface area (Å²) in [4.78, 5) is 10.1. The highest BCUT2D eigenvalue weighted by Crippen LogP contribution is 1.72. The fourth-order valence-electron chi connectivity index (χ4n) is 0.407. The molecule has 0 saturated carbocycles. The Morgan fingerprint density at radius 1 is 1.27 bits per heavy atom. The van der Waals surface area contributed by atoms with Crippen LogP contribution in [0.25, 0.3) is 0 Å². The molecule has 2 nitrogen and oxygen atoms in total. The van der Waals surface area contributed by atoms with Crippen molar-refractivity contribution in [2.24, 2.45) is 0 Å². The normalized spacial score (nSPS) is 6.36. The molecule has 0 aromatic heterocycles. The van der Waals surface area contributed by atoms with Crippen molar-refractivity contribution >= 4 is 14.3 Å². The third kappa shape index (κ3) is 43.3. The summed E-state index contributed by atoms with van der Waals surface area (Å²) in [6.45, 7) is 9.38. The highest BCUT2D eigenvalue weighted by molar-refractivity contribution is 5.75. The largest absolute Gasteiger partial charge is 0.354 e. The van der Waals surface area contributed by atoms with E-state index in [0.29, 0.717) is 0 Å². The minimum Gasteiger partial charge on any atom is -0.354 e. The number of amides is 1. The molecule has 0 aliphatic rings. The third-order valence-electron chi connectivity index (χ3n) is 0.492. The van der Waals surface area contributed by atoms with Crippen LogP contribution in [0.1, 0.15) is 42.0 Å². The Balaban J connectivity index is -0.0000000564. The van der Waals surface area contributed by atoms with Crippen LogP contribution in [-0.4, -0.2) is 20.4 Å². The van der Waals surface area contributed by atoms with Crippen LogP contribution < -0.4 is 5.32 Å². The highest BCUT2D eigenvalue weighted by atomic mass is 16.1. The van der Waals surface area contributed by atoms with Crippen molar-refractivity contribution in [2.75, 3.05) is 0 Å². The van der Waals surface area contributed by atoms with Crippen molar-refractivity contribution in [1.29, 1.82) is 0 Å². The van der Waals surface area contributed by atoms with Crippen LogP contribution in [-0.2, 0) is 4.79 Å². The van der Waals surface area contributed by atoms with Gasteiger partial charge in [-0.2, -0.15) is 0 Å². The van der Waals surface area contributed by atoms with Crippen molar-refractivity contribution in [3.63, 3.8) is 0 Å². The van der Waals surface area contributed by atoms with Gasteiger partial charge in [0.2, 0.25) is 5.91 Å². The van der Waals surface area contributed by atoms with Gasteiger partial charge in [-0.3, -0.25) is 4.79 Å². The van der Waals surface area contributed by atoms with Gasteiger partial charge in [-0.25, -0.2) is 0 Å². The lowest BCUT2D eigenvalue weighted by Gasteiger charge is -2.02. The van der Waals surface area contributed by atoms with Crippen LogP contribution in [0.4, 0.5) is 0 Å². The molecule has 0 fully saturated rings. The average molecular weight is 158 g/mol. The number of rotatable bonds is 1. The van der Waals surface area contributed by atoms with Gasteiger partial charge in [0.05, 0.1) is 0 Å². The maximum atomic E-state index is 10.1. The van der Waals surface area contributed by atoms with E-state index in [9.17, 15) is 4.79 Å². The molecule has 11 heavy (non-hydrogen) atoms. The smallest absolute Gasteiger partial charge is 0.217 e. The maximum absolute atomic E-state index is 10.1. The Morgan fingerprint density at radius 2 is 1.55 bits per heavy atom. The van der Waals surface area contributed by atoms with E-state index in [2.05, 4.69) is 5.32 Å². The van der Waals surface area contributed by atoms with Gasteiger partial charge in [-0.15, -0.1) is 0 Å². The second kappa shape index (κ2) is 16.3. The Morgan fingerprint density at radius 3 is 1.55 bits per heavy atom. The van der Waals surface area contributed by atoms with Crippen LogP contribution >= 0.6 is 0 Å². The third-order valence-corrected chi connectivity index (χ3v) is 0.492. The van der Waals surface area contributed by atoms with Crippen molar-refractivity contribution in [1.82, 2.24) is 5.32 Å². The molecule has 0 aliphatic carbocycles. The first-order chi connectivity index (χ1) is 4.13. The quantitative estimate of drug-likeness (QED) is 0.579. The molecule has 3 radical (unpaired) electrons. The van der Waals surface area contributed by atoms with Crippen LogP contribution in [0.15, 0.2) is 0 Å². The van der Waals surface area contributed by atoms with Crippen molar-refractivity contribution < 1.29 is 4.79 Å². The van der Waals surface area contributed by atoms with Crippen molar-refractivity contribution in [2.45, 2.75) is 48.1 Å². The molecule has 3 heteroatoms. The lowest BCUT2D eigenvalue weighted by Crippen LogP contribution is -2.27. The van der Waals surface area contributed by atoms with Gasteiger partial charge in [0.15, 0.2) is 0 Å². The Labute approximate surface area is 73.3 Å². The Kier molecular flexibility index (Phi) is 33.2. The average Bonchev–Trinajstić information content (AvgIpc) is 1.68. The van der Waals surface area contributed by atoms with Crippen molar-refractivity contribution in [3.8, 4) is 0 Å². The topological polar surface area (TPSA) is 29.1 Å². The lowest BCUT2D eigenvalue weighted by molar-refractivity contribution is -0.119. The predicted molar refractivity (Wildman–Crippen MR) is 52.8 cm³/mol. The monoisotopic (exact) mass is 158 g/mol. The first-order valence-electron chi connectivity index (χ1n) is 3.40. The van der Waals surface area contributed by atoms with E-state index in [1.54, 1.807) is 0 Å². The molecule has 67 valence electrons. The first-order valence-corrected chi connectivity index (χ1v) is 3.40. The van der Waals surface area contributed by atoms with E-state index >= 15 is 0 Å². The SMILES string of the molecule is C.CC.CC(=O)NC(C)C.[B]. The zero-order chi connectivity index (χ0) is 7.86. The summed E-state index contributed by atoms with van der Waals surface area (Å²) < 4.78 is 0. The molecule has 0 aliphatic heterocycles. The Bertz CT molecular complexity index is 74.5. The molecule has 0 heterocycles. The lowest BCUT2D eigenvalue weighted by atomic mass is 10.4. The summed E-state index contributed by atoms with van der Waals surface area (Å²) in [5.74, 6) is 0.0370. The minimum absolute atomic E-state index is 0. The highest BCUT2D eigenvalue weighted by Gasteiger charge is 1.90. The number of nitrogens with one attached hydrogen (secondary N) is 1. The summed E-state index contributed by atoms with van der Waals surface area (Å²) in [6, 6.07) is 0.275. The fourth-order valence-corrected chi connectivity index (χ4v) is 0.407. The summed E-state index contributed by atoms with van der Waals surface area (Å²) in [7, 11) is 0. The van der Waals surface area contributed by atoms with Gasteiger partial charge >= 0.3 is 0 Å². The zero-order valence-electron chi connectivity index (χ0n) is 7.56. The second-order valence-corrected chi connectivity index (χ2v) is 1.86. The molecule has 0 saturated heterocycles. The number of hydrogen-bond donors (Lipinski definition) is 1. The molecule has 1 amide bonds. The molecule has 0 aromatic carbocycles. The zero-order valence-corrected chi connectivity index (χ0v) is 7.56. The molecule has 0 aromatic rings. The molecular formula is C8H21BNO. The maximum Gasteiger partial charge on any atom is 0.217 e. The number of carbonyl (C=O) groups excluding carboxylic acids is 1. The van der Waals surface area contributed by atoms with E-state index in [1.165, 1.54) is 6.92 Å². The second-order valence-electron chi connectivity index (χ2n) is 1.86. The molecule has 0 unspecified atom stereocenters. The van der Waals surface area contributed by atoms with Gasteiger partial charge in [-0.1, -0.05) is 21.3 Å². The minimum atomic E-state index is 0. The van der Waals surface area contributed by atoms with Gasteiger partial charge < -0.3 is 5.32 Å².